The lowest BCUT2D eigenvalue weighted by molar-refractivity contribution is -0.136. The van der Waals surface area contributed by atoms with E-state index in [0.29, 0.717) is 13.0 Å². The fourth-order valence-electron chi connectivity index (χ4n) is 0.954. The summed E-state index contributed by atoms with van der Waals surface area (Å²) < 4.78 is 0. The summed E-state index contributed by atoms with van der Waals surface area (Å²) in [5.41, 5.74) is 0. The molecule has 1 atom stereocenters. The van der Waals surface area contributed by atoms with Gasteiger partial charge in [-0.1, -0.05) is 6.92 Å². The summed E-state index contributed by atoms with van der Waals surface area (Å²) >= 11 is 0. The molecule has 0 aromatic carbocycles. The number of hydrogen-bond donors (Lipinski definition) is 0. The molecular weight excluding hydrogens is 118 g/mol. The molecule has 1 aliphatic heterocycles. The molecule has 0 N–H and O–H groups in total. The van der Waals surface area contributed by atoms with Crippen LogP contribution in [-0.4, -0.2) is 23.8 Å². The molecule has 0 aromatic heterocycles. The second-order valence-electron chi connectivity index (χ2n) is 2.33. The van der Waals surface area contributed by atoms with Crippen molar-refractivity contribution in [1.29, 1.82) is 0 Å². The monoisotopic (exact) mass is 127 g/mol. The third-order valence-corrected chi connectivity index (χ3v) is 1.63. The molecule has 0 radical (unpaired) electrons. The first-order valence-electron chi connectivity index (χ1n) is 3.01. The standard InChI is InChI=1S/C6H9NO2/c1-5-2-3-7(4-8)6(5)9/h4-5H,2-3H2,1H3. The van der Waals surface area contributed by atoms with Gasteiger partial charge in [-0.2, -0.15) is 0 Å². The minimum absolute atomic E-state index is 0.0370. The van der Waals surface area contributed by atoms with Crippen LogP contribution in [0.2, 0.25) is 0 Å². The number of rotatable bonds is 1. The summed E-state index contributed by atoms with van der Waals surface area (Å²) in [6.45, 7) is 2.44. The topological polar surface area (TPSA) is 37.4 Å². The van der Waals surface area contributed by atoms with Gasteiger partial charge in [0.25, 0.3) is 0 Å². The van der Waals surface area contributed by atoms with Crippen LogP contribution in [0.3, 0.4) is 0 Å². The number of likely N-dealkylation sites (tertiary alicyclic amines) is 1. The van der Waals surface area contributed by atoms with Gasteiger partial charge in [-0.15, -0.1) is 0 Å². The van der Waals surface area contributed by atoms with Crippen molar-refractivity contribution in [2.24, 2.45) is 5.92 Å². The third kappa shape index (κ3) is 0.943. The van der Waals surface area contributed by atoms with Crippen LogP contribution in [0.1, 0.15) is 13.3 Å². The highest BCUT2D eigenvalue weighted by molar-refractivity contribution is 5.89. The van der Waals surface area contributed by atoms with E-state index in [1.54, 1.807) is 0 Å². The summed E-state index contributed by atoms with van der Waals surface area (Å²) in [6.07, 6.45) is 1.42. The predicted molar refractivity (Wildman–Crippen MR) is 31.6 cm³/mol. The zero-order chi connectivity index (χ0) is 6.85. The van der Waals surface area contributed by atoms with E-state index < -0.39 is 0 Å². The molecule has 1 heterocycles. The third-order valence-electron chi connectivity index (χ3n) is 1.63. The molecule has 1 unspecified atom stereocenters. The van der Waals surface area contributed by atoms with E-state index in [9.17, 15) is 9.59 Å². The molecule has 3 nitrogen and oxygen atoms in total. The highest BCUT2D eigenvalue weighted by Gasteiger charge is 2.26. The molecule has 2 amide bonds. The second kappa shape index (κ2) is 2.17. The Morgan fingerprint density at radius 3 is 2.67 bits per heavy atom. The molecule has 0 saturated carbocycles. The molecule has 1 saturated heterocycles. The van der Waals surface area contributed by atoms with E-state index in [1.165, 1.54) is 4.90 Å². The Morgan fingerprint density at radius 1 is 1.78 bits per heavy atom. The molecule has 0 bridgehead atoms. The quantitative estimate of drug-likeness (QED) is 0.465. The zero-order valence-corrected chi connectivity index (χ0v) is 5.33. The Morgan fingerprint density at radius 2 is 2.44 bits per heavy atom. The number of carbonyl (C=O) groups is 2. The summed E-state index contributed by atoms with van der Waals surface area (Å²) in [5.74, 6) is 0.0141. The van der Waals surface area contributed by atoms with Crippen molar-refractivity contribution >= 4 is 12.3 Å². The molecule has 3 heteroatoms. The van der Waals surface area contributed by atoms with Gasteiger partial charge in [-0.05, 0) is 6.42 Å². The number of imide groups is 1. The summed E-state index contributed by atoms with van der Waals surface area (Å²) in [6, 6.07) is 0. The fraction of sp³-hybridized carbons (Fsp3) is 0.667. The van der Waals surface area contributed by atoms with E-state index >= 15 is 0 Å². The van der Waals surface area contributed by atoms with Gasteiger partial charge in [0.05, 0.1) is 0 Å². The van der Waals surface area contributed by atoms with Crippen LogP contribution in [0.25, 0.3) is 0 Å². The van der Waals surface area contributed by atoms with Crippen LogP contribution in [-0.2, 0) is 9.59 Å². The predicted octanol–water partition coefficient (Wildman–Crippen LogP) is 0.0112. The Hall–Kier alpha value is -0.860. The van der Waals surface area contributed by atoms with Gasteiger partial charge in [0.15, 0.2) is 0 Å². The number of carbonyl (C=O) groups excluding carboxylic acids is 2. The van der Waals surface area contributed by atoms with Gasteiger partial charge in [0.2, 0.25) is 12.3 Å². The smallest absolute Gasteiger partial charge is 0.231 e. The molecule has 0 spiro atoms. The van der Waals surface area contributed by atoms with Gasteiger partial charge in [-0.25, -0.2) is 0 Å². The molecule has 0 aromatic rings. The highest BCUT2D eigenvalue weighted by Crippen LogP contribution is 2.14. The second-order valence-corrected chi connectivity index (χ2v) is 2.33. The molecule has 0 aliphatic carbocycles. The van der Waals surface area contributed by atoms with Gasteiger partial charge in [0.1, 0.15) is 0 Å². The van der Waals surface area contributed by atoms with Crippen LogP contribution >= 0.6 is 0 Å². The van der Waals surface area contributed by atoms with Crippen molar-refractivity contribution in [3.8, 4) is 0 Å². The maximum absolute atomic E-state index is 10.8. The van der Waals surface area contributed by atoms with Crippen LogP contribution in [0.5, 0.6) is 0 Å². The largest absolute Gasteiger partial charge is 0.285 e. The van der Waals surface area contributed by atoms with E-state index in [0.717, 1.165) is 6.42 Å². The number of amides is 2. The highest BCUT2D eigenvalue weighted by atomic mass is 16.2. The Balaban J connectivity index is 2.61. The van der Waals surface area contributed by atoms with Crippen LogP contribution in [0, 0.1) is 5.92 Å². The van der Waals surface area contributed by atoms with Crippen LogP contribution < -0.4 is 0 Å². The van der Waals surface area contributed by atoms with E-state index in [1.807, 2.05) is 6.92 Å². The van der Waals surface area contributed by atoms with E-state index in [-0.39, 0.29) is 11.8 Å². The summed E-state index contributed by atoms with van der Waals surface area (Å²) in [5, 5.41) is 0. The fourth-order valence-corrected chi connectivity index (χ4v) is 0.954. The first-order valence-corrected chi connectivity index (χ1v) is 3.01. The van der Waals surface area contributed by atoms with Crippen LogP contribution in [0.4, 0.5) is 0 Å². The van der Waals surface area contributed by atoms with Gasteiger partial charge in [0, 0.05) is 12.5 Å². The van der Waals surface area contributed by atoms with Crippen molar-refractivity contribution in [3.63, 3.8) is 0 Å². The van der Waals surface area contributed by atoms with Gasteiger partial charge >= 0.3 is 0 Å². The average molecular weight is 127 g/mol. The zero-order valence-electron chi connectivity index (χ0n) is 5.33. The lowest BCUT2D eigenvalue weighted by Gasteiger charge is -2.03. The molecule has 1 fully saturated rings. The maximum atomic E-state index is 10.8. The SMILES string of the molecule is CC1CCN(C=O)C1=O. The molecule has 1 rings (SSSR count). The maximum Gasteiger partial charge on any atom is 0.231 e. The van der Waals surface area contributed by atoms with Crippen LogP contribution in [0.15, 0.2) is 0 Å². The minimum Gasteiger partial charge on any atom is -0.285 e. The first-order chi connectivity index (χ1) is 4.25. The summed E-state index contributed by atoms with van der Waals surface area (Å²) in [4.78, 5) is 22.1. The van der Waals surface area contributed by atoms with Crippen molar-refractivity contribution in [3.05, 3.63) is 0 Å². The Bertz CT molecular complexity index is 144. The van der Waals surface area contributed by atoms with Gasteiger partial charge in [-0.3, -0.25) is 14.5 Å². The van der Waals surface area contributed by atoms with Crippen molar-refractivity contribution in [1.82, 2.24) is 4.90 Å². The average Bonchev–Trinajstić information content (AvgIpc) is 2.15. The molecule has 9 heavy (non-hydrogen) atoms. The molecule has 1 aliphatic rings. The van der Waals surface area contributed by atoms with E-state index in [2.05, 4.69) is 0 Å². The molecule has 50 valence electrons. The van der Waals surface area contributed by atoms with Crippen molar-refractivity contribution < 1.29 is 9.59 Å². The summed E-state index contributed by atoms with van der Waals surface area (Å²) in [7, 11) is 0. The lowest BCUT2D eigenvalue weighted by atomic mass is 10.1. The Kier molecular flexibility index (Phi) is 1.51. The lowest BCUT2D eigenvalue weighted by Crippen LogP contribution is -2.24. The van der Waals surface area contributed by atoms with E-state index in [4.69, 9.17) is 0 Å². The minimum atomic E-state index is -0.0370. The van der Waals surface area contributed by atoms with Crippen molar-refractivity contribution in [2.45, 2.75) is 13.3 Å². The van der Waals surface area contributed by atoms with Crippen molar-refractivity contribution in [2.75, 3.05) is 6.54 Å². The molecular formula is C6H9NO2. The number of hydrogen-bond acceptors (Lipinski definition) is 2. The Labute approximate surface area is 53.6 Å². The number of nitrogens with zero attached hydrogens (tertiary/aromatic N) is 1. The first kappa shape index (κ1) is 6.26. The normalized spacial score (nSPS) is 27.0. The van der Waals surface area contributed by atoms with Gasteiger partial charge < -0.3 is 0 Å².